The number of piperidine rings is 1. The van der Waals surface area contributed by atoms with Gasteiger partial charge in [-0.05, 0) is 57.0 Å². The highest BCUT2D eigenvalue weighted by Crippen LogP contribution is 2.32. The average Bonchev–Trinajstić information content (AvgIpc) is 3.03. The van der Waals surface area contributed by atoms with Crippen molar-refractivity contribution in [2.24, 2.45) is 10.9 Å². The summed E-state index contributed by atoms with van der Waals surface area (Å²) in [5.41, 5.74) is 3.99. The zero-order chi connectivity index (χ0) is 22.0. The van der Waals surface area contributed by atoms with E-state index in [2.05, 4.69) is 20.8 Å². The van der Waals surface area contributed by atoms with Crippen LogP contribution in [0.3, 0.4) is 0 Å². The van der Waals surface area contributed by atoms with Gasteiger partial charge in [0, 0.05) is 16.6 Å². The van der Waals surface area contributed by atoms with Crippen LogP contribution in [0.2, 0.25) is 0 Å². The number of esters is 1. The van der Waals surface area contributed by atoms with Gasteiger partial charge < -0.3 is 4.74 Å². The third kappa shape index (κ3) is 4.57. The van der Waals surface area contributed by atoms with Crippen molar-refractivity contribution in [2.45, 2.75) is 26.7 Å². The first-order valence-electron chi connectivity index (χ1n) is 10.6. The molecule has 162 valence electrons. The lowest BCUT2D eigenvalue weighted by Gasteiger charge is -2.34. The highest BCUT2D eigenvalue weighted by molar-refractivity contribution is 9.10. The van der Waals surface area contributed by atoms with Gasteiger partial charge in [0.05, 0.1) is 30.6 Å². The highest BCUT2D eigenvalue weighted by Gasteiger charge is 2.36. The van der Waals surface area contributed by atoms with Gasteiger partial charge in [0.15, 0.2) is 0 Å². The van der Waals surface area contributed by atoms with Gasteiger partial charge >= 0.3 is 5.97 Å². The second-order valence-corrected chi connectivity index (χ2v) is 8.81. The second kappa shape index (κ2) is 9.32. The normalized spacial score (nSPS) is 20.2. The Balaban J connectivity index is 1.58. The standard InChI is InChI=1S/C24H26BrN3O3/c1-3-31-24(30)17-7-6-12-27(14-17)15-28-21-9-5-4-8-19(21)22(23(28)29)26-18-11-10-16(2)20(25)13-18/h4-5,8-11,13,17H,3,6-7,12,14-15H2,1-2H3. The predicted molar refractivity (Wildman–Crippen MR) is 125 cm³/mol. The number of halogens is 1. The topological polar surface area (TPSA) is 62.2 Å². The van der Waals surface area contributed by atoms with E-state index in [9.17, 15) is 9.59 Å². The van der Waals surface area contributed by atoms with Gasteiger partial charge in [-0.2, -0.15) is 0 Å². The Kier molecular flexibility index (Phi) is 6.53. The number of carbonyl (C=O) groups excluding carboxylic acids is 2. The molecule has 0 spiro atoms. The number of nitrogens with zero attached hydrogens (tertiary/aromatic N) is 3. The zero-order valence-corrected chi connectivity index (χ0v) is 19.4. The largest absolute Gasteiger partial charge is 0.466 e. The molecular weight excluding hydrogens is 458 g/mol. The van der Waals surface area contributed by atoms with E-state index in [1.54, 1.807) is 4.90 Å². The minimum Gasteiger partial charge on any atom is -0.466 e. The first-order chi connectivity index (χ1) is 15.0. The van der Waals surface area contributed by atoms with Crippen LogP contribution >= 0.6 is 15.9 Å². The van der Waals surface area contributed by atoms with Gasteiger partial charge in [0.25, 0.3) is 5.91 Å². The number of para-hydroxylation sites is 1. The SMILES string of the molecule is CCOC(=O)C1CCCN(CN2C(=O)C(=Nc3ccc(C)c(Br)c3)c3ccccc32)C1. The monoisotopic (exact) mass is 483 g/mol. The van der Waals surface area contributed by atoms with Crippen molar-refractivity contribution in [3.63, 3.8) is 0 Å². The molecule has 31 heavy (non-hydrogen) atoms. The average molecular weight is 484 g/mol. The molecule has 6 nitrogen and oxygen atoms in total. The predicted octanol–water partition coefficient (Wildman–Crippen LogP) is 4.46. The third-order valence-corrected chi connectivity index (χ3v) is 6.62. The molecule has 0 aliphatic carbocycles. The molecule has 1 amide bonds. The summed E-state index contributed by atoms with van der Waals surface area (Å²) in [6.45, 7) is 6.11. The number of hydrogen-bond acceptors (Lipinski definition) is 5. The zero-order valence-electron chi connectivity index (χ0n) is 17.8. The molecule has 0 radical (unpaired) electrons. The van der Waals surface area contributed by atoms with Crippen LogP contribution in [0, 0.1) is 12.8 Å². The summed E-state index contributed by atoms with van der Waals surface area (Å²) < 4.78 is 6.17. The van der Waals surface area contributed by atoms with E-state index in [4.69, 9.17) is 9.73 Å². The Hall–Kier alpha value is -2.51. The lowest BCUT2D eigenvalue weighted by molar-refractivity contribution is -0.149. The molecule has 4 rings (SSSR count). The summed E-state index contributed by atoms with van der Waals surface area (Å²) >= 11 is 3.54. The van der Waals surface area contributed by atoms with E-state index in [1.807, 2.05) is 56.3 Å². The van der Waals surface area contributed by atoms with Crippen LogP contribution in [0.5, 0.6) is 0 Å². The summed E-state index contributed by atoms with van der Waals surface area (Å²) in [7, 11) is 0. The Labute approximate surface area is 191 Å². The van der Waals surface area contributed by atoms with E-state index in [1.165, 1.54) is 0 Å². The first-order valence-corrected chi connectivity index (χ1v) is 11.4. The van der Waals surface area contributed by atoms with Crippen molar-refractivity contribution in [3.8, 4) is 0 Å². The van der Waals surface area contributed by atoms with E-state index < -0.39 is 0 Å². The minimum absolute atomic E-state index is 0.115. The Morgan fingerprint density at radius 2 is 2.06 bits per heavy atom. The molecule has 1 unspecified atom stereocenters. The van der Waals surface area contributed by atoms with Crippen LogP contribution in [-0.2, 0) is 14.3 Å². The number of amides is 1. The Bertz CT molecular complexity index is 1040. The smallest absolute Gasteiger partial charge is 0.310 e. The van der Waals surface area contributed by atoms with Crippen LogP contribution in [0.4, 0.5) is 11.4 Å². The molecule has 0 aromatic heterocycles. The molecule has 1 fully saturated rings. The summed E-state index contributed by atoms with van der Waals surface area (Å²) in [4.78, 5) is 34.2. The van der Waals surface area contributed by atoms with E-state index in [0.717, 1.165) is 46.4 Å². The number of benzene rings is 2. The quantitative estimate of drug-likeness (QED) is 0.589. The number of aliphatic imine (C=N–C) groups is 1. The van der Waals surface area contributed by atoms with Crippen molar-refractivity contribution >= 4 is 44.9 Å². The molecule has 2 aromatic rings. The fourth-order valence-corrected chi connectivity index (χ4v) is 4.49. The molecule has 2 aliphatic heterocycles. The van der Waals surface area contributed by atoms with Crippen molar-refractivity contribution < 1.29 is 14.3 Å². The molecule has 0 bridgehead atoms. The molecule has 1 atom stereocenters. The summed E-state index contributed by atoms with van der Waals surface area (Å²) in [5, 5.41) is 0. The molecule has 0 N–H and O–H groups in total. The summed E-state index contributed by atoms with van der Waals surface area (Å²) in [5.74, 6) is -0.400. The van der Waals surface area contributed by atoms with Gasteiger partial charge in [-0.15, -0.1) is 0 Å². The first kappa shape index (κ1) is 21.7. The fraction of sp³-hybridized carbons (Fsp3) is 0.375. The number of aryl methyl sites for hydroxylation is 1. The maximum atomic E-state index is 13.4. The second-order valence-electron chi connectivity index (χ2n) is 7.95. The number of hydrogen-bond donors (Lipinski definition) is 0. The molecular formula is C24H26BrN3O3. The summed E-state index contributed by atoms with van der Waals surface area (Å²) in [6, 6.07) is 13.6. The van der Waals surface area contributed by atoms with Gasteiger partial charge in [-0.25, -0.2) is 4.99 Å². The number of ether oxygens (including phenoxy) is 1. The number of carbonyl (C=O) groups is 2. The molecule has 2 aliphatic rings. The van der Waals surface area contributed by atoms with Crippen LogP contribution < -0.4 is 4.90 Å². The molecule has 7 heteroatoms. The van der Waals surface area contributed by atoms with Crippen molar-refractivity contribution in [1.29, 1.82) is 0 Å². The maximum absolute atomic E-state index is 13.4. The number of likely N-dealkylation sites (tertiary alicyclic amines) is 1. The van der Waals surface area contributed by atoms with Gasteiger partial charge in [0.1, 0.15) is 5.71 Å². The Morgan fingerprint density at radius 3 is 2.84 bits per heavy atom. The van der Waals surface area contributed by atoms with Crippen molar-refractivity contribution in [2.75, 3.05) is 31.3 Å². The van der Waals surface area contributed by atoms with Crippen molar-refractivity contribution in [1.82, 2.24) is 4.90 Å². The van der Waals surface area contributed by atoms with Crippen LogP contribution in [-0.4, -0.2) is 48.9 Å². The summed E-state index contributed by atoms with van der Waals surface area (Å²) in [6.07, 6.45) is 1.74. The number of rotatable bonds is 5. The minimum atomic E-state index is -0.146. The molecule has 2 heterocycles. The number of anilines is 1. The maximum Gasteiger partial charge on any atom is 0.310 e. The Morgan fingerprint density at radius 1 is 1.26 bits per heavy atom. The van der Waals surface area contributed by atoms with E-state index in [-0.39, 0.29) is 17.8 Å². The lowest BCUT2D eigenvalue weighted by atomic mass is 9.98. The van der Waals surface area contributed by atoms with Gasteiger partial charge in [-0.1, -0.05) is 40.2 Å². The van der Waals surface area contributed by atoms with Gasteiger partial charge in [0.2, 0.25) is 0 Å². The van der Waals surface area contributed by atoms with Crippen LogP contribution in [0.1, 0.15) is 30.9 Å². The lowest BCUT2D eigenvalue weighted by Crippen LogP contribution is -2.47. The third-order valence-electron chi connectivity index (χ3n) is 5.76. The fourth-order valence-electron chi connectivity index (χ4n) is 4.13. The van der Waals surface area contributed by atoms with Gasteiger partial charge in [-0.3, -0.25) is 19.4 Å². The molecule has 2 aromatic carbocycles. The molecule has 0 saturated carbocycles. The van der Waals surface area contributed by atoms with Crippen LogP contribution in [0.15, 0.2) is 51.9 Å². The van der Waals surface area contributed by atoms with E-state index >= 15 is 0 Å². The van der Waals surface area contributed by atoms with Crippen molar-refractivity contribution in [3.05, 3.63) is 58.1 Å². The molecule has 1 saturated heterocycles. The van der Waals surface area contributed by atoms with E-state index in [0.29, 0.717) is 25.5 Å². The van der Waals surface area contributed by atoms with Crippen LogP contribution in [0.25, 0.3) is 0 Å². The highest BCUT2D eigenvalue weighted by atomic mass is 79.9. The number of fused-ring (bicyclic) bond motifs is 1.